The van der Waals surface area contributed by atoms with Crippen molar-refractivity contribution in [3.63, 3.8) is 0 Å². The van der Waals surface area contributed by atoms with E-state index in [2.05, 4.69) is 20.3 Å². The van der Waals surface area contributed by atoms with Gasteiger partial charge in [-0.3, -0.25) is 4.68 Å². The number of nitrogens with zero attached hydrogens (tertiary/aromatic N) is 7. The molecule has 1 N–H and O–H groups in total. The molecular formula is C20H33IN8O2S. The van der Waals surface area contributed by atoms with Crippen LogP contribution in [0.1, 0.15) is 18.3 Å². The standard InChI is InChI=1S/C20H32N8O2S.HI/c1-5-21-20(26(3)15-19-23-16-24-27(19)4)22-14-17-8-6-7-9-18(17)31(29,30)28-12-10-25(2)11-13-28;/h6-9,16H,5,10-15H2,1-4H3,(H,21,22);1H. The van der Waals surface area contributed by atoms with E-state index in [9.17, 15) is 8.42 Å². The van der Waals surface area contributed by atoms with Crippen molar-refractivity contribution in [3.8, 4) is 0 Å². The fourth-order valence-electron chi connectivity index (χ4n) is 3.43. The number of piperazine rings is 1. The average Bonchev–Trinajstić information content (AvgIpc) is 3.16. The third-order valence-electron chi connectivity index (χ3n) is 5.33. The molecule has 0 unspecified atom stereocenters. The second-order valence-corrected chi connectivity index (χ2v) is 9.55. The number of hydrogen-bond donors (Lipinski definition) is 1. The molecule has 10 nitrogen and oxygen atoms in total. The molecule has 2 aromatic rings. The maximum atomic E-state index is 13.3. The van der Waals surface area contributed by atoms with Gasteiger partial charge >= 0.3 is 0 Å². The number of guanidine groups is 1. The highest BCUT2D eigenvalue weighted by atomic mass is 127. The number of aryl methyl sites for hydroxylation is 1. The zero-order valence-electron chi connectivity index (χ0n) is 19.1. The molecule has 178 valence electrons. The second-order valence-electron chi connectivity index (χ2n) is 7.64. The summed E-state index contributed by atoms with van der Waals surface area (Å²) in [7, 11) is 2.21. The van der Waals surface area contributed by atoms with E-state index < -0.39 is 10.0 Å². The largest absolute Gasteiger partial charge is 0.357 e. The molecule has 0 aliphatic carbocycles. The van der Waals surface area contributed by atoms with Crippen molar-refractivity contribution in [2.45, 2.75) is 24.9 Å². The lowest BCUT2D eigenvalue weighted by molar-refractivity contribution is 0.222. The van der Waals surface area contributed by atoms with Crippen LogP contribution in [0.3, 0.4) is 0 Å². The molecule has 1 aliphatic rings. The van der Waals surface area contributed by atoms with E-state index >= 15 is 0 Å². The molecule has 0 bridgehead atoms. The number of sulfonamides is 1. The lowest BCUT2D eigenvalue weighted by Gasteiger charge is -2.32. The molecule has 32 heavy (non-hydrogen) atoms. The Morgan fingerprint density at radius 2 is 1.88 bits per heavy atom. The molecule has 0 spiro atoms. The summed E-state index contributed by atoms with van der Waals surface area (Å²) in [6, 6.07) is 7.12. The number of nitrogens with one attached hydrogen (secondary N) is 1. The van der Waals surface area contributed by atoms with E-state index in [0.29, 0.717) is 42.6 Å². The maximum absolute atomic E-state index is 13.3. The number of hydrogen-bond acceptors (Lipinski definition) is 6. The number of aromatic nitrogens is 3. The van der Waals surface area contributed by atoms with Crippen LogP contribution in [0, 0.1) is 0 Å². The van der Waals surface area contributed by atoms with Crippen molar-refractivity contribution in [2.24, 2.45) is 12.0 Å². The fraction of sp³-hybridized carbons (Fsp3) is 0.550. The number of likely N-dealkylation sites (N-methyl/N-ethyl adjacent to an activating group) is 1. The summed E-state index contributed by atoms with van der Waals surface area (Å²) in [5, 5.41) is 7.36. The number of aliphatic imine (C=N–C) groups is 1. The first-order chi connectivity index (χ1) is 14.8. The van der Waals surface area contributed by atoms with Crippen LogP contribution < -0.4 is 5.32 Å². The first-order valence-electron chi connectivity index (χ1n) is 10.4. The Kier molecular flexibility index (Phi) is 9.85. The van der Waals surface area contributed by atoms with Gasteiger partial charge in [0.2, 0.25) is 10.0 Å². The van der Waals surface area contributed by atoms with Gasteiger partial charge in [0, 0.05) is 46.8 Å². The van der Waals surface area contributed by atoms with E-state index in [1.807, 2.05) is 45.1 Å². The van der Waals surface area contributed by atoms with Crippen LogP contribution in [0.2, 0.25) is 0 Å². The number of benzene rings is 1. The highest BCUT2D eigenvalue weighted by molar-refractivity contribution is 14.0. The summed E-state index contributed by atoms with van der Waals surface area (Å²) in [5.41, 5.74) is 0.684. The van der Waals surface area contributed by atoms with Gasteiger partial charge in [-0.25, -0.2) is 18.4 Å². The SMILES string of the molecule is CCNC(=NCc1ccccc1S(=O)(=O)N1CCN(C)CC1)N(C)Cc1ncnn1C.I. The van der Waals surface area contributed by atoms with Crippen molar-refractivity contribution in [1.29, 1.82) is 0 Å². The molecule has 3 rings (SSSR count). The van der Waals surface area contributed by atoms with E-state index in [1.165, 1.54) is 6.33 Å². The van der Waals surface area contributed by atoms with Crippen LogP contribution in [-0.2, 0) is 30.2 Å². The summed E-state index contributed by atoms with van der Waals surface area (Å²) in [5.74, 6) is 1.49. The van der Waals surface area contributed by atoms with Gasteiger partial charge in [-0.15, -0.1) is 24.0 Å². The van der Waals surface area contributed by atoms with Gasteiger partial charge < -0.3 is 15.1 Å². The molecule has 1 fully saturated rings. The van der Waals surface area contributed by atoms with Crippen LogP contribution in [0.25, 0.3) is 0 Å². The van der Waals surface area contributed by atoms with Crippen molar-refractivity contribution < 1.29 is 8.42 Å². The summed E-state index contributed by atoms with van der Waals surface area (Å²) in [4.78, 5) is 13.4. The lowest BCUT2D eigenvalue weighted by atomic mass is 10.2. The van der Waals surface area contributed by atoms with Gasteiger partial charge in [-0.2, -0.15) is 9.40 Å². The molecular weight excluding hydrogens is 543 g/mol. The minimum absolute atomic E-state index is 0. The van der Waals surface area contributed by atoms with Crippen molar-refractivity contribution in [2.75, 3.05) is 46.8 Å². The monoisotopic (exact) mass is 576 g/mol. The zero-order valence-corrected chi connectivity index (χ0v) is 22.2. The summed E-state index contributed by atoms with van der Waals surface area (Å²) < 4.78 is 29.9. The van der Waals surface area contributed by atoms with E-state index in [1.54, 1.807) is 21.1 Å². The van der Waals surface area contributed by atoms with Crippen LogP contribution in [0.15, 0.2) is 40.5 Å². The maximum Gasteiger partial charge on any atom is 0.243 e. The molecule has 0 amide bonds. The minimum Gasteiger partial charge on any atom is -0.357 e. The summed E-state index contributed by atoms with van der Waals surface area (Å²) in [6.45, 7) is 5.95. The Hall–Kier alpha value is -1.77. The predicted octanol–water partition coefficient (Wildman–Crippen LogP) is 0.967. The lowest BCUT2D eigenvalue weighted by Crippen LogP contribution is -2.47. The molecule has 1 saturated heterocycles. The first-order valence-corrected chi connectivity index (χ1v) is 11.9. The quantitative estimate of drug-likeness (QED) is 0.298. The average molecular weight is 577 g/mol. The predicted molar refractivity (Wildman–Crippen MR) is 135 cm³/mol. The molecule has 1 aromatic carbocycles. The minimum atomic E-state index is -3.56. The van der Waals surface area contributed by atoms with Crippen molar-refractivity contribution in [3.05, 3.63) is 42.0 Å². The summed E-state index contributed by atoms with van der Waals surface area (Å²) in [6.07, 6.45) is 1.52. The van der Waals surface area contributed by atoms with Crippen molar-refractivity contribution >= 4 is 40.0 Å². The van der Waals surface area contributed by atoms with Gasteiger partial charge in [0.15, 0.2) is 5.96 Å². The molecule has 1 aliphatic heterocycles. The molecule has 0 radical (unpaired) electrons. The second kappa shape index (κ2) is 11.9. The van der Waals surface area contributed by atoms with Crippen LogP contribution >= 0.6 is 24.0 Å². The normalized spacial score (nSPS) is 15.9. The van der Waals surface area contributed by atoms with Gasteiger partial charge in [0.05, 0.1) is 18.0 Å². The number of rotatable bonds is 7. The Morgan fingerprint density at radius 3 is 2.50 bits per heavy atom. The molecule has 0 atom stereocenters. The van der Waals surface area contributed by atoms with E-state index in [4.69, 9.17) is 4.99 Å². The Bertz CT molecular complexity index is 1000. The van der Waals surface area contributed by atoms with Crippen LogP contribution in [-0.4, -0.2) is 90.1 Å². The first kappa shape index (κ1) is 26.5. The van der Waals surface area contributed by atoms with Gasteiger partial charge in [0.25, 0.3) is 0 Å². The number of halogens is 1. The molecule has 12 heteroatoms. The highest BCUT2D eigenvalue weighted by Gasteiger charge is 2.29. The van der Waals surface area contributed by atoms with Crippen molar-refractivity contribution in [1.82, 2.24) is 34.2 Å². The van der Waals surface area contributed by atoms with Crippen LogP contribution in [0.4, 0.5) is 0 Å². The molecule has 1 aromatic heterocycles. The van der Waals surface area contributed by atoms with E-state index in [-0.39, 0.29) is 30.5 Å². The summed E-state index contributed by atoms with van der Waals surface area (Å²) >= 11 is 0. The third-order valence-corrected chi connectivity index (χ3v) is 7.33. The van der Waals surface area contributed by atoms with Gasteiger partial charge in [-0.1, -0.05) is 18.2 Å². The fourth-order valence-corrected chi connectivity index (χ4v) is 5.07. The third kappa shape index (κ3) is 6.39. The highest BCUT2D eigenvalue weighted by Crippen LogP contribution is 2.22. The molecule has 2 heterocycles. The zero-order chi connectivity index (χ0) is 22.4. The van der Waals surface area contributed by atoms with Crippen LogP contribution in [0.5, 0.6) is 0 Å². The molecule has 0 saturated carbocycles. The Morgan fingerprint density at radius 1 is 1.19 bits per heavy atom. The topological polar surface area (TPSA) is 99.0 Å². The van der Waals surface area contributed by atoms with Gasteiger partial charge in [0.1, 0.15) is 12.2 Å². The smallest absolute Gasteiger partial charge is 0.243 e. The van der Waals surface area contributed by atoms with E-state index in [0.717, 1.165) is 18.9 Å². The van der Waals surface area contributed by atoms with Gasteiger partial charge in [-0.05, 0) is 25.6 Å². The Labute approximate surface area is 207 Å². The Balaban J connectivity index is 0.00000363.